The number of hydrogen-bond donors (Lipinski definition) is 3. The number of rotatable bonds is 1. The third-order valence-electron chi connectivity index (χ3n) is 1.28. The van der Waals surface area contributed by atoms with Crippen LogP contribution in [0.1, 0.15) is 20.3 Å². The minimum absolute atomic E-state index is 0.380. The zero-order valence-electron chi connectivity index (χ0n) is 7.44. The van der Waals surface area contributed by atoms with E-state index in [0.29, 0.717) is 0 Å². The van der Waals surface area contributed by atoms with Gasteiger partial charge in [0.2, 0.25) is 0 Å². The summed E-state index contributed by atoms with van der Waals surface area (Å²) in [5.74, 6) is -0.759. The third kappa shape index (κ3) is 7.33. The zero-order valence-corrected chi connectivity index (χ0v) is 7.44. The fourth-order valence-corrected chi connectivity index (χ4v) is 0.453. The van der Waals surface area contributed by atoms with Crippen LogP contribution >= 0.6 is 0 Å². The maximum Gasteiger partial charge on any atom is 0.195 e. The largest absolute Gasteiger partial charge is 0.291 e. The molecule has 1 rings (SSSR count). The summed E-state index contributed by atoms with van der Waals surface area (Å²) in [6.07, 6.45) is 1.22. The minimum Gasteiger partial charge on any atom is -0.291 e. The second-order valence-electron chi connectivity index (χ2n) is 2.44. The van der Waals surface area contributed by atoms with Crippen molar-refractivity contribution < 1.29 is 9.59 Å². The lowest BCUT2D eigenvalue weighted by Gasteiger charge is -2.12. The van der Waals surface area contributed by atoms with Gasteiger partial charge in [-0.3, -0.25) is 9.59 Å². The lowest BCUT2D eigenvalue weighted by atomic mass is 10.3. The van der Waals surface area contributed by atoms with Crippen LogP contribution in [0.5, 0.6) is 0 Å². The van der Waals surface area contributed by atoms with Gasteiger partial charge in [-0.1, -0.05) is 0 Å². The highest BCUT2D eigenvalue weighted by molar-refractivity contribution is 6.35. The van der Waals surface area contributed by atoms with Gasteiger partial charge >= 0.3 is 0 Å². The molecule has 0 aromatic carbocycles. The van der Waals surface area contributed by atoms with Gasteiger partial charge in [0.15, 0.2) is 11.6 Å². The van der Waals surface area contributed by atoms with Gasteiger partial charge in [0.1, 0.15) is 0 Å². The van der Waals surface area contributed by atoms with Crippen molar-refractivity contribution >= 4 is 11.6 Å². The van der Waals surface area contributed by atoms with Gasteiger partial charge < -0.3 is 0 Å². The van der Waals surface area contributed by atoms with Crippen LogP contribution in [0.25, 0.3) is 0 Å². The first-order valence-electron chi connectivity index (χ1n) is 3.87. The Morgan fingerprint density at radius 2 is 1.42 bits per heavy atom. The predicted molar refractivity (Wildman–Crippen MR) is 45.1 cm³/mol. The van der Waals surface area contributed by atoms with Crippen molar-refractivity contribution in [2.24, 2.45) is 0 Å². The molecule has 1 saturated heterocycles. The van der Waals surface area contributed by atoms with Gasteiger partial charge in [-0.25, -0.2) is 10.9 Å². The predicted octanol–water partition coefficient (Wildman–Crippen LogP) is -0.847. The van der Waals surface area contributed by atoms with Gasteiger partial charge in [0, 0.05) is 26.9 Å². The summed E-state index contributed by atoms with van der Waals surface area (Å²) in [6, 6.07) is 0. The number of carbonyl (C=O) groups is 2. The molecule has 0 bridgehead atoms. The van der Waals surface area contributed by atoms with E-state index in [-0.39, 0.29) is 11.6 Å². The molecule has 3 N–H and O–H groups in total. The van der Waals surface area contributed by atoms with E-state index in [9.17, 15) is 9.59 Å². The quantitative estimate of drug-likeness (QED) is 0.451. The van der Waals surface area contributed by atoms with Crippen molar-refractivity contribution in [3.05, 3.63) is 0 Å². The van der Waals surface area contributed by atoms with Crippen LogP contribution in [-0.2, 0) is 9.59 Å². The smallest absolute Gasteiger partial charge is 0.195 e. The van der Waals surface area contributed by atoms with Gasteiger partial charge in [0.05, 0.1) is 0 Å². The lowest BCUT2D eigenvalue weighted by Crippen LogP contribution is -2.49. The topological polar surface area (TPSA) is 70.2 Å². The molecule has 0 unspecified atom stereocenters. The molecule has 0 spiro atoms. The maximum atomic E-state index is 9.79. The summed E-state index contributed by atoms with van der Waals surface area (Å²) in [4.78, 5) is 19.6. The number of carbonyl (C=O) groups excluding carboxylic acids is 2. The minimum atomic E-state index is -0.380. The van der Waals surface area contributed by atoms with Crippen molar-refractivity contribution in [3.8, 4) is 0 Å². The van der Waals surface area contributed by atoms with Gasteiger partial charge in [-0.05, 0) is 6.42 Å². The van der Waals surface area contributed by atoms with Crippen LogP contribution in [-0.4, -0.2) is 24.7 Å². The number of nitrogens with one attached hydrogen (secondary N) is 3. The van der Waals surface area contributed by atoms with Gasteiger partial charge in [-0.2, -0.15) is 5.53 Å². The molecule has 0 atom stereocenters. The summed E-state index contributed by atoms with van der Waals surface area (Å²) in [5.41, 5.74) is 8.63. The first-order valence-corrected chi connectivity index (χ1v) is 3.87. The summed E-state index contributed by atoms with van der Waals surface area (Å²) in [7, 11) is 0. The Morgan fingerprint density at radius 1 is 1.00 bits per heavy atom. The van der Waals surface area contributed by atoms with Crippen molar-refractivity contribution in [2.75, 3.05) is 13.1 Å². The van der Waals surface area contributed by atoms with Crippen molar-refractivity contribution in [2.45, 2.75) is 20.3 Å². The standard InChI is InChI=1S/C4H6O2.C3H9N3/c1-3(5)4(2)6;1-2-4-6-5-3-1/h1-2H3;4-6H,1-3H2. The van der Waals surface area contributed by atoms with Crippen LogP contribution < -0.4 is 16.4 Å². The van der Waals surface area contributed by atoms with E-state index in [1.807, 2.05) is 0 Å². The molecule has 1 aliphatic rings. The summed E-state index contributed by atoms with van der Waals surface area (Å²) < 4.78 is 0. The average molecular weight is 173 g/mol. The molecule has 0 aliphatic carbocycles. The van der Waals surface area contributed by atoms with E-state index >= 15 is 0 Å². The molecular weight excluding hydrogens is 158 g/mol. The molecule has 5 heteroatoms. The highest BCUT2D eigenvalue weighted by Gasteiger charge is 1.94. The lowest BCUT2D eigenvalue weighted by molar-refractivity contribution is -0.134. The molecule has 1 fully saturated rings. The highest BCUT2D eigenvalue weighted by Crippen LogP contribution is 1.71. The Labute approximate surface area is 71.8 Å². The summed E-state index contributed by atoms with van der Waals surface area (Å²) in [6.45, 7) is 4.66. The van der Waals surface area contributed by atoms with Crippen molar-refractivity contribution in [3.63, 3.8) is 0 Å². The first-order chi connectivity index (χ1) is 5.64. The van der Waals surface area contributed by atoms with Crippen LogP contribution in [0, 0.1) is 0 Å². The van der Waals surface area contributed by atoms with Crippen molar-refractivity contribution in [1.29, 1.82) is 0 Å². The Bertz CT molecular complexity index is 131. The molecule has 1 heterocycles. The third-order valence-corrected chi connectivity index (χ3v) is 1.28. The molecule has 5 nitrogen and oxygen atoms in total. The second-order valence-corrected chi connectivity index (χ2v) is 2.44. The molecule has 1 aliphatic heterocycles. The molecule has 0 radical (unpaired) electrons. The van der Waals surface area contributed by atoms with Crippen LogP contribution in [0.2, 0.25) is 0 Å². The fourth-order valence-electron chi connectivity index (χ4n) is 0.453. The van der Waals surface area contributed by atoms with E-state index in [2.05, 4.69) is 16.4 Å². The molecule has 0 aromatic rings. The molecule has 0 saturated carbocycles. The normalized spacial score (nSPS) is 15.8. The number of Topliss-reactive ketones (excluding diaryl/α,β-unsaturated/α-hetero) is 2. The Hall–Kier alpha value is -0.780. The van der Waals surface area contributed by atoms with Crippen LogP contribution in [0.3, 0.4) is 0 Å². The average Bonchev–Trinajstić information content (AvgIpc) is 2.08. The molecule has 70 valence electrons. The Balaban J connectivity index is 0.000000202. The molecule has 0 aromatic heterocycles. The van der Waals surface area contributed by atoms with E-state index in [1.54, 1.807) is 0 Å². The molecule has 0 amide bonds. The van der Waals surface area contributed by atoms with Crippen LogP contribution in [0.15, 0.2) is 0 Å². The monoisotopic (exact) mass is 173 g/mol. The number of ketones is 2. The first kappa shape index (κ1) is 11.2. The Morgan fingerprint density at radius 3 is 1.50 bits per heavy atom. The summed E-state index contributed by atoms with van der Waals surface area (Å²) in [5, 5.41) is 0. The summed E-state index contributed by atoms with van der Waals surface area (Å²) >= 11 is 0. The highest BCUT2D eigenvalue weighted by atomic mass is 16.2. The van der Waals surface area contributed by atoms with E-state index in [1.165, 1.54) is 20.3 Å². The maximum absolute atomic E-state index is 9.79. The zero-order chi connectivity index (χ0) is 9.40. The van der Waals surface area contributed by atoms with Crippen LogP contribution in [0.4, 0.5) is 0 Å². The fraction of sp³-hybridized carbons (Fsp3) is 0.714. The van der Waals surface area contributed by atoms with E-state index in [0.717, 1.165) is 13.1 Å². The second kappa shape index (κ2) is 6.90. The Kier molecular flexibility index (Phi) is 6.45. The van der Waals surface area contributed by atoms with Gasteiger partial charge in [0.25, 0.3) is 0 Å². The molecular formula is C7H15N3O2. The van der Waals surface area contributed by atoms with Gasteiger partial charge in [-0.15, -0.1) is 0 Å². The SMILES string of the molecule is C1CNNNC1.CC(=O)C(C)=O. The number of hydrazine groups is 2. The van der Waals surface area contributed by atoms with E-state index in [4.69, 9.17) is 0 Å². The van der Waals surface area contributed by atoms with E-state index < -0.39 is 0 Å². The van der Waals surface area contributed by atoms with Crippen molar-refractivity contribution in [1.82, 2.24) is 16.4 Å². The number of hydrogen-bond acceptors (Lipinski definition) is 5. The molecule has 12 heavy (non-hydrogen) atoms.